The molecule has 7 heteroatoms. The molecule has 0 aliphatic rings. The van der Waals surface area contributed by atoms with Gasteiger partial charge in [-0.25, -0.2) is 0 Å². The number of benzene rings is 2. The first kappa shape index (κ1) is 19.6. The molecule has 0 aliphatic carbocycles. The molecule has 4 aromatic rings. The lowest BCUT2D eigenvalue weighted by molar-refractivity contribution is -0.117. The molecule has 0 bridgehead atoms. The Bertz CT molecular complexity index is 1030. The quantitative estimate of drug-likeness (QED) is 0.252. The highest BCUT2D eigenvalue weighted by Crippen LogP contribution is 2.38. The average molecular weight is 396 g/mol. The zero-order valence-corrected chi connectivity index (χ0v) is 15.6. The van der Waals surface area contributed by atoms with Gasteiger partial charge in [0.15, 0.2) is 0 Å². The molecular weight excluding hydrogens is 372 g/mol. The molecule has 0 fully saturated rings. The van der Waals surface area contributed by atoms with Gasteiger partial charge in [0.05, 0.1) is 12.7 Å². The van der Waals surface area contributed by atoms with E-state index in [0.29, 0.717) is 0 Å². The molecule has 4 rings (SSSR count). The number of hydrogen-bond acceptors (Lipinski definition) is 5. The second kappa shape index (κ2) is 7.98. The SMILES string of the molecule is OC[C@@H](O)[C@@H](O)[C@H](O)[C@H](O)C(c1c[nH]c2ccccc12)c1c[nH]c2ccccc12. The lowest BCUT2D eigenvalue weighted by Gasteiger charge is -2.31. The number of nitrogens with one attached hydrogen (secondary N) is 2. The lowest BCUT2D eigenvalue weighted by atomic mass is 9.82. The minimum atomic E-state index is -1.70. The van der Waals surface area contributed by atoms with Gasteiger partial charge in [0.25, 0.3) is 0 Å². The molecular formula is C22H24N2O5. The van der Waals surface area contributed by atoms with Crippen molar-refractivity contribution in [2.24, 2.45) is 0 Å². The van der Waals surface area contributed by atoms with E-state index in [1.165, 1.54) is 0 Å². The number of aliphatic hydroxyl groups is 5. The Kier molecular flexibility index (Phi) is 5.40. The fourth-order valence-corrected chi connectivity index (χ4v) is 3.97. The first-order chi connectivity index (χ1) is 14.0. The maximum atomic E-state index is 11.1. The Morgan fingerprint density at radius 2 is 1.14 bits per heavy atom. The number of fused-ring (bicyclic) bond motifs is 2. The third-order valence-electron chi connectivity index (χ3n) is 5.54. The minimum Gasteiger partial charge on any atom is -0.394 e. The van der Waals surface area contributed by atoms with Crippen molar-refractivity contribution in [3.05, 3.63) is 72.1 Å². The van der Waals surface area contributed by atoms with Gasteiger partial charge in [-0.2, -0.15) is 0 Å². The fourth-order valence-electron chi connectivity index (χ4n) is 3.97. The first-order valence-corrected chi connectivity index (χ1v) is 9.48. The minimum absolute atomic E-state index is 0.696. The summed E-state index contributed by atoms with van der Waals surface area (Å²) in [6, 6.07) is 15.2. The van der Waals surface area contributed by atoms with Crippen LogP contribution in [0.2, 0.25) is 0 Å². The van der Waals surface area contributed by atoms with E-state index in [4.69, 9.17) is 5.11 Å². The van der Waals surface area contributed by atoms with Crippen molar-refractivity contribution in [1.82, 2.24) is 9.97 Å². The summed E-state index contributed by atoms with van der Waals surface area (Å²) in [5.41, 5.74) is 3.26. The predicted octanol–water partition coefficient (Wildman–Crippen LogP) is 1.22. The van der Waals surface area contributed by atoms with Crippen LogP contribution >= 0.6 is 0 Å². The molecule has 0 saturated carbocycles. The monoisotopic (exact) mass is 396 g/mol. The van der Waals surface area contributed by atoms with Gasteiger partial charge in [-0.3, -0.25) is 0 Å². The van der Waals surface area contributed by atoms with Crippen LogP contribution in [0.3, 0.4) is 0 Å². The normalized spacial score (nSPS) is 16.3. The Labute approximate surface area is 166 Å². The summed E-state index contributed by atoms with van der Waals surface area (Å²) in [7, 11) is 0. The second-order valence-electron chi connectivity index (χ2n) is 7.28. The number of rotatable bonds is 7. The maximum absolute atomic E-state index is 11.1. The zero-order chi connectivity index (χ0) is 20.5. The molecule has 29 heavy (non-hydrogen) atoms. The molecule has 7 nitrogen and oxygen atoms in total. The molecule has 0 spiro atoms. The molecule has 0 aliphatic heterocycles. The molecule has 2 aromatic carbocycles. The second-order valence-corrected chi connectivity index (χ2v) is 7.28. The molecule has 0 unspecified atom stereocenters. The summed E-state index contributed by atoms with van der Waals surface area (Å²) >= 11 is 0. The highest BCUT2D eigenvalue weighted by molar-refractivity contribution is 5.88. The van der Waals surface area contributed by atoms with Gasteiger partial charge < -0.3 is 35.5 Å². The Balaban J connectivity index is 1.86. The van der Waals surface area contributed by atoms with Gasteiger partial charge in [0, 0.05) is 40.1 Å². The van der Waals surface area contributed by atoms with E-state index < -0.39 is 36.9 Å². The zero-order valence-electron chi connectivity index (χ0n) is 15.6. The molecule has 0 radical (unpaired) electrons. The summed E-state index contributed by atoms with van der Waals surface area (Å²) in [5, 5.41) is 52.5. The molecule has 0 saturated heterocycles. The third kappa shape index (κ3) is 3.43. The lowest BCUT2D eigenvalue weighted by Crippen LogP contribution is -2.48. The predicted molar refractivity (Wildman–Crippen MR) is 110 cm³/mol. The molecule has 2 heterocycles. The summed E-state index contributed by atoms with van der Waals surface area (Å²) in [4.78, 5) is 6.36. The van der Waals surface area contributed by atoms with Gasteiger partial charge in [-0.05, 0) is 23.3 Å². The number of hydrogen-bond donors (Lipinski definition) is 7. The Morgan fingerprint density at radius 1 is 0.655 bits per heavy atom. The summed E-state index contributed by atoms with van der Waals surface area (Å²) in [5.74, 6) is -0.696. The van der Waals surface area contributed by atoms with E-state index >= 15 is 0 Å². The molecule has 7 N–H and O–H groups in total. The van der Waals surface area contributed by atoms with Crippen LogP contribution in [0.25, 0.3) is 21.8 Å². The highest BCUT2D eigenvalue weighted by atomic mass is 16.4. The van der Waals surface area contributed by atoms with Gasteiger partial charge in [0.2, 0.25) is 0 Å². The molecule has 2 aromatic heterocycles. The standard InChI is InChI=1S/C22H24N2O5/c25-11-18(26)20(27)22(29)21(28)19(14-9-23-16-7-3-1-5-12(14)16)15-10-24-17-8-4-2-6-13(15)17/h1-10,18-29H,11H2/t18-,20-,21-,22+/m1/s1. The topological polar surface area (TPSA) is 133 Å². The van der Waals surface area contributed by atoms with Crippen LogP contribution < -0.4 is 0 Å². The van der Waals surface area contributed by atoms with Crippen molar-refractivity contribution in [3.8, 4) is 0 Å². The van der Waals surface area contributed by atoms with E-state index in [1.807, 2.05) is 48.5 Å². The van der Waals surface area contributed by atoms with Crippen LogP contribution in [-0.2, 0) is 0 Å². The van der Waals surface area contributed by atoms with Gasteiger partial charge >= 0.3 is 0 Å². The van der Waals surface area contributed by atoms with Gasteiger partial charge in [-0.15, -0.1) is 0 Å². The van der Waals surface area contributed by atoms with E-state index in [-0.39, 0.29) is 0 Å². The van der Waals surface area contributed by atoms with Crippen molar-refractivity contribution in [2.75, 3.05) is 6.61 Å². The van der Waals surface area contributed by atoms with Gasteiger partial charge in [0.1, 0.15) is 18.3 Å². The largest absolute Gasteiger partial charge is 0.394 e. The average Bonchev–Trinajstić information content (AvgIpc) is 3.37. The number of para-hydroxylation sites is 2. The third-order valence-corrected chi connectivity index (χ3v) is 5.54. The number of aromatic nitrogens is 2. The molecule has 0 amide bonds. The Hall–Kier alpha value is -2.68. The molecule has 4 atom stereocenters. The highest BCUT2D eigenvalue weighted by Gasteiger charge is 2.38. The number of H-pyrrole nitrogens is 2. The van der Waals surface area contributed by atoms with Crippen molar-refractivity contribution < 1.29 is 25.5 Å². The number of aromatic amines is 2. The van der Waals surface area contributed by atoms with Crippen LogP contribution in [0.5, 0.6) is 0 Å². The summed E-state index contributed by atoms with van der Waals surface area (Å²) in [6.07, 6.45) is -2.82. The van der Waals surface area contributed by atoms with E-state index in [9.17, 15) is 20.4 Å². The van der Waals surface area contributed by atoms with Crippen molar-refractivity contribution in [1.29, 1.82) is 0 Å². The van der Waals surface area contributed by atoms with Crippen molar-refractivity contribution in [2.45, 2.75) is 30.3 Å². The van der Waals surface area contributed by atoms with E-state index in [1.54, 1.807) is 12.4 Å². The van der Waals surface area contributed by atoms with Crippen LogP contribution in [-0.4, -0.2) is 66.5 Å². The smallest absolute Gasteiger partial charge is 0.111 e. The Morgan fingerprint density at radius 3 is 1.62 bits per heavy atom. The molecule has 152 valence electrons. The first-order valence-electron chi connectivity index (χ1n) is 9.48. The maximum Gasteiger partial charge on any atom is 0.111 e. The van der Waals surface area contributed by atoms with Crippen LogP contribution in [0.4, 0.5) is 0 Å². The van der Waals surface area contributed by atoms with Crippen molar-refractivity contribution in [3.63, 3.8) is 0 Å². The summed E-state index contributed by atoms with van der Waals surface area (Å²) in [6.45, 7) is -0.726. The summed E-state index contributed by atoms with van der Waals surface area (Å²) < 4.78 is 0. The van der Waals surface area contributed by atoms with E-state index in [0.717, 1.165) is 32.9 Å². The van der Waals surface area contributed by atoms with Crippen LogP contribution in [0, 0.1) is 0 Å². The van der Waals surface area contributed by atoms with Crippen LogP contribution in [0.1, 0.15) is 17.0 Å². The van der Waals surface area contributed by atoms with E-state index in [2.05, 4.69) is 9.97 Å². The number of aliphatic hydroxyl groups excluding tert-OH is 5. The van der Waals surface area contributed by atoms with Crippen LogP contribution in [0.15, 0.2) is 60.9 Å². The van der Waals surface area contributed by atoms with Gasteiger partial charge in [-0.1, -0.05) is 36.4 Å². The fraction of sp³-hybridized carbons (Fsp3) is 0.273. The van der Waals surface area contributed by atoms with Crippen molar-refractivity contribution >= 4 is 21.8 Å².